The molecule has 30 heavy (non-hydrogen) atoms. The summed E-state index contributed by atoms with van der Waals surface area (Å²) in [4.78, 5) is 27.3. The van der Waals surface area contributed by atoms with Crippen LogP contribution >= 0.6 is 0 Å². The van der Waals surface area contributed by atoms with Crippen LogP contribution in [0.5, 0.6) is 0 Å². The lowest BCUT2D eigenvalue weighted by Crippen LogP contribution is -2.27. The number of hydrogen-bond acceptors (Lipinski definition) is 4. The van der Waals surface area contributed by atoms with Crippen LogP contribution in [0.1, 0.15) is 46.5 Å². The number of likely N-dealkylation sites (tertiary alicyclic amines) is 1. The minimum absolute atomic E-state index is 0.0403. The van der Waals surface area contributed by atoms with E-state index in [-0.39, 0.29) is 16.5 Å². The number of anilines is 1. The molecule has 0 atom stereocenters. The molecule has 2 aromatic rings. The minimum Gasteiger partial charge on any atom is -0.345 e. The third-order valence-corrected chi connectivity index (χ3v) is 7.54. The lowest BCUT2D eigenvalue weighted by atomic mass is 10.1. The van der Waals surface area contributed by atoms with Gasteiger partial charge < -0.3 is 14.8 Å². The first kappa shape index (κ1) is 20.6. The second-order valence-corrected chi connectivity index (χ2v) is 9.76. The first-order chi connectivity index (χ1) is 14.4. The molecule has 2 saturated heterocycles. The number of sulfonamides is 1. The molecule has 160 valence electrons. The van der Waals surface area contributed by atoms with Crippen LogP contribution in [0.4, 0.5) is 5.69 Å². The van der Waals surface area contributed by atoms with Gasteiger partial charge in [-0.05, 0) is 49.9 Å². The van der Waals surface area contributed by atoms with E-state index in [0.29, 0.717) is 24.3 Å². The predicted octanol–water partition coefficient (Wildman–Crippen LogP) is 2.30. The van der Waals surface area contributed by atoms with E-state index >= 15 is 0 Å². The number of aromatic nitrogens is 1. The van der Waals surface area contributed by atoms with Gasteiger partial charge in [-0.1, -0.05) is 6.07 Å². The third-order valence-electron chi connectivity index (χ3n) is 5.68. The molecular formula is C21H26N4O4S. The lowest BCUT2D eigenvalue weighted by Gasteiger charge is -2.15. The number of nitrogens with one attached hydrogen (secondary N) is 1. The van der Waals surface area contributed by atoms with Gasteiger partial charge in [-0.25, -0.2) is 8.42 Å². The zero-order chi connectivity index (χ0) is 21.3. The van der Waals surface area contributed by atoms with E-state index in [1.54, 1.807) is 31.3 Å². The van der Waals surface area contributed by atoms with E-state index < -0.39 is 15.9 Å². The van der Waals surface area contributed by atoms with Gasteiger partial charge in [-0.3, -0.25) is 9.59 Å². The first-order valence-corrected chi connectivity index (χ1v) is 11.7. The molecule has 0 spiro atoms. The van der Waals surface area contributed by atoms with Gasteiger partial charge in [0.15, 0.2) is 0 Å². The molecule has 4 rings (SSSR count). The maximum atomic E-state index is 12.8. The number of carbonyl (C=O) groups excluding carboxylic acids is 2. The Morgan fingerprint density at radius 2 is 1.63 bits per heavy atom. The molecule has 1 N–H and O–H groups in total. The molecule has 2 fully saturated rings. The smallest absolute Gasteiger partial charge is 0.272 e. The van der Waals surface area contributed by atoms with Crippen molar-refractivity contribution in [3.8, 4) is 0 Å². The van der Waals surface area contributed by atoms with Crippen molar-refractivity contribution in [1.29, 1.82) is 0 Å². The topological polar surface area (TPSA) is 91.7 Å². The van der Waals surface area contributed by atoms with Crippen LogP contribution in [0.15, 0.2) is 41.4 Å². The minimum atomic E-state index is -3.59. The highest BCUT2D eigenvalue weighted by Crippen LogP contribution is 2.23. The molecule has 1 aromatic carbocycles. The van der Waals surface area contributed by atoms with Crippen LogP contribution in [0.25, 0.3) is 0 Å². The summed E-state index contributed by atoms with van der Waals surface area (Å²) in [5, 5.41) is 2.78. The van der Waals surface area contributed by atoms with E-state index in [2.05, 4.69) is 5.32 Å². The van der Waals surface area contributed by atoms with Gasteiger partial charge in [0.25, 0.3) is 11.8 Å². The van der Waals surface area contributed by atoms with Gasteiger partial charge >= 0.3 is 0 Å². The second-order valence-electron chi connectivity index (χ2n) is 7.82. The van der Waals surface area contributed by atoms with Crippen molar-refractivity contribution in [2.45, 2.75) is 30.6 Å². The Morgan fingerprint density at radius 3 is 2.33 bits per heavy atom. The molecule has 0 radical (unpaired) electrons. The van der Waals surface area contributed by atoms with Crippen molar-refractivity contribution in [3.05, 3.63) is 47.8 Å². The number of benzene rings is 1. The summed E-state index contributed by atoms with van der Waals surface area (Å²) in [6, 6.07) is 8.24. The fourth-order valence-corrected chi connectivity index (χ4v) is 5.60. The van der Waals surface area contributed by atoms with Crippen LogP contribution in [0.2, 0.25) is 0 Å². The zero-order valence-corrected chi connectivity index (χ0v) is 17.8. The van der Waals surface area contributed by atoms with Crippen molar-refractivity contribution in [2.75, 3.05) is 31.5 Å². The number of rotatable bonds is 5. The third kappa shape index (κ3) is 3.99. The highest BCUT2D eigenvalue weighted by atomic mass is 32.2. The van der Waals surface area contributed by atoms with Gasteiger partial charge in [0.1, 0.15) is 10.6 Å². The standard InChI is InChI=1S/C21H26N4O4S/c1-23-15-18(30(28,29)25-11-4-5-12-25)14-19(23)20(26)22-17-8-6-7-16(13-17)21(27)24-9-2-3-10-24/h6-8,13-15H,2-5,9-12H2,1H3,(H,22,26). The van der Waals surface area contributed by atoms with Gasteiger partial charge in [-0.15, -0.1) is 0 Å². The van der Waals surface area contributed by atoms with Crippen molar-refractivity contribution in [2.24, 2.45) is 7.05 Å². The molecule has 0 unspecified atom stereocenters. The maximum absolute atomic E-state index is 12.8. The summed E-state index contributed by atoms with van der Waals surface area (Å²) >= 11 is 0. The molecule has 3 heterocycles. The fourth-order valence-electron chi connectivity index (χ4n) is 4.01. The van der Waals surface area contributed by atoms with Crippen LogP contribution in [0.3, 0.4) is 0 Å². The zero-order valence-electron chi connectivity index (χ0n) is 17.0. The monoisotopic (exact) mass is 430 g/mol. The van der Waals surface area contributed by atoms with Gasteiger partial charge in [-0.2, -0.15) is 4.31 Å². The summed E-state index contributed by atoms with van der Waals surface area (Å²) in [7, 11) is -1.95. The van der Waals surface area contributed by atoms with Gasteiger partial charge in [0, 0.05) is 50.7 Å². The molecule has 2 aliphatic rings. The molecule has 8 nitrogen and oxygen atoms in total. The van der Waals surface area contributed by atoms with E-state index in [0.717, 1.165) is 38.8 Å². The maximum Gasteiger partial charge on any atom is 0.272 e. The lowest BCUT2D eigenvalue weighted by molar-refractivity contribution is 0.0792. The largest absolute Gasteiger partial charge is 0.345 e. The number of carbonyl (C=O) groups is 2. The number of hydrogen-bond donors (Lipinski definition) is 1. The van der Waals surface area contributed by atoms with Gasteiger partial charge in [0.2, 0.25) is 10.0 Å². The summed E-state index contributed by atoms with van der Waals surface area (Å²) in [5.74, 6) is -0.465. The van der Waals surface area contributed by atoms with Crippen molar-refractivity contribution >= 4 is 27.5 Å². The Balaban J connectivity index is 1.51. The normalized spacial score (nSPS) is 17.4. The Morgan fingerprint density at radius 1 is 0.967 bits per heavy atom. The highest BCUT2D eigenvalue weighted by Gasteiger charge is 2.29. The molecule has 0 saturated carbocycles. The van der Waals surface area contributed by atoms with Crippen LogP contribution in [0, 0.1) is 0 Å². The molecule has 0 bridgehead atoms. The molecule has 1 aromatic heterocycles. The Hall–Kier alpha value is -2.65. The van der Waals surface area contributed by atoms with E-state index in [1.165, 1.54) is 21.1 Å². The summed E-state index contributed by atoms with van der Waals surface area (Å²) in [5.41, 5.74) is 1.26. The quantitative estimate of drug-likeness (QED) is 0.788. The van der Waals surface area contributed by atoms with Gasteiger partial charge in [0.05, 0.1) is 0 Å². The van der Waals surface area contributed by atoms with E-state index in [1.807, 2.05) is 4.90 Å². The van der Waals surface area contributed by atoms with Crippen LogP contribution in [-0.2, 0) is 17.1 Å². The highest BCUT2D eigenvalue weighted by molar-refractivity contribution is 7.89. The molecule has 2 aliphatic heterocycles. The Kier molecular flexibility index (Phi) is 5.66. The Labute approximate surface area is 176 Å². The summed E-state index contributed by atoms with van der Waals surface area (Å²) in [6.07, 6.45) is 5.20. The average molecular weight is 431 g/mol. The summed E-state index contributed by atoms with van der Waals surface area (Å²) in [6.45, 7) is 2.53. The molecule has 2 amide bonds. The fraction of sp³-hybridized carbons (Fsp3) is 0.429. The Bertz CT molecular complexity index is 1060. The SMILES string of the molecule is Cn1cc(S(=O)(=O)N2CCCC2)cc1C(=O)Nc1cccc(C(=O)N2CCCC2)c1. The molecule has 9 heteroatoms. The van der Waals surface area contributed by atoms with E-state index in [4.69, 9.17) is 0 Å². The number of nitrogens with zero attached hydrogens (tertiary/aromatic N) is 3. The summed E-state index contributed by atoms with van der Waals surface area (Å²) < 4.78 is 28.5. The predicted molar refractivity (Wildman–Crippen MR) is 113 cm³/mol. The van der Waals surface area contributed by atoms with Crippen molar-refractivity contribution in [3.63, 3.8) is 0 Å². The molecule has 0 aliphatic carbocycles. The van der Waals surface area contributed by atoms with Crippen molar-refractivity contribution < 1.29 is 18.0 Å². The van der Waals surface area contributed by atoms with Crippen LogP contribution in [-0.4, -0.2) is 60.2 Å². The number of aryl methyl sites for hydroxylation is 1. The first-order valence-electron chi connectivity index (χ1n) is 10.2. The average Bonchev–Trinajstić information content (AvgIpc) is 3.48. The second kappa shape index (κ2) is 8.23. The van der Waals surface area contributed by atoms with Crippen LogP contribution < -0.4 is 5.32 Å². The molecular weight excluding hydrogens is 404 g/mol. The number of amides is 2. The van der Waals surface area contributed by atoms with Crippen molar-refractivity contribution in [1.82, 2.24) is 13.8 Å². The van der Waals surface area contributed by atoms with E-state index in [9.17, 15) is 18.0 Å².